The van der Waals surface area contributed by atoms with E-state index in [1.807, 2.05) is 44.2 Å². The van der Waals surface area contributed by atoms with Crippen molar-refractivity contribution in [2.24, 2.45) is 0 Å². The van der Waals surface area contributed by atoms with Crippen molar-refractivity contribution in [3.8, 4) is 17.2 Å². The fraction of sp³-hybridized carbons (Fsp3) is 0.130. The minimum Gasteiger partial charge on any atom is -0.484 e. The van der Waals surface area contributed by atoms with Crippen LogP contribution in [0.1, 0.15) is 11.1 Å². The van der Waals surface area contributed by atoms with E-state index in [9.17, 15) is 4.79 Å². The van der Waals surface area contributed by atoms with E-state index in [2.05, 4.69) is 54.9 Å². The van der Waals surface area contributed by atoms with Gasteiger partial charge in [0.25, 0.3) is 5.91 Å². The molecule has 0 fully saturated rings. The van der Waals surface area contributed by atoms with Crippen molar-refractivity contribution in [1.82, 2.24) is 4.98 Å². The van der Waals surface area contributed by atoms with E-state index in [0.717, 1.165) is 24.7 Å². The van der Waals surface area contributed by atoms with Crippen molar-refractivity contribution < 1.29 is 13.9 Å². The standard InChI is InChI=1S/C23H18BrIN2O3/c1-13-7-14(2)9-17(8-13)29-12-22(28)26-16-4-6-21-20(11-16)27-23(30-21)18-10-15(25)3-5-19(18)24/h3-11H,12H2,1-2H3,(H,26,28). The van der Waals surface area contributed by atoms with Crippen LogP contribution in [0.2, 0.25) is 0 Å². The molecule has 4 aromatic rings. The zero-order chi connectivity index (χ0) is 21.3. The SMILES string of the molecule is Cc1cc(C)cc(OCC(=O)Nc2ccc3oc(-c4cc(I)ccc4Br)nc3c2)c1. The summed E-state index contributed by atoms with van der Waals surface area (Å²) in [5, 5.41) is 2.85. The highest BCUT2D eigenvalue weighted by Crippen LogP contribution is 2.32. The first-order chi connectivity index (χ1) is 14.4. The van der Waals surface area contributed by atoms with Crippen LogP contribution in [-0.2, 0) is 4.79 Å². The summed E-state index contributed by atoms with van der Waals surface area (Å²) < 4.78 is 13.5. The summed E-state index contributed by atoms with van der Waals surface area (Å²) in [6.45, 7) is 3.92. The lowest BCUT2D eigenvalue weighted by molar-refractivity contribution is -0.118. The van der Waals surface area contributed by atoms with E-state index in [-0.39, 0.29) is 12.5 Å². The second-order valence-electron chi connectivity index (χ2n) is 6.99. The number of aryl methyl sites for hydroxylation is 2. The Labute approximate surface area is 196 Å². The van der Waals surface area contributed by atoms with E-state index in [4.69, 9.17) is 9.15 Å². The smallest absolute Gasteiger partial charge is 0.262 e. The van der Waals surface area contributed by atoms with Gasteiger partial charge in [0.05, 0.1) is 5.56 Å². The first-order valence-electron chi connectivity index (χ1n) is 9.24. The minimum absolute atomic E-state index is 0.0691. The lowest BCUT2D eigenvalue weighted by Gasteiger charge is -2.09. The van der Waals surface area contributed by atoms with Crippen LogP contribution >= 0.6 is 38.5 Å². The van der Waals surface area contributed by atoms with Gasteiger partial charge >= 0.3 is 0 Å². The predicted octanol–water partition coefficient (Wildman–Crippen LogP) is 6.50. The molecule has 30 heavy (non-hydrogen) atoms. The third kappa shape index (κ3) is 4.84. The summed E-state index contributed by atoms with van der Waals surface area (Å²) in [6.07, 6.45) is 0. The molecular formula is C23H18BrIN2O3. The maximum Gasteiger partial charge on any atom is 0.262 e. The molecular weight excluding hydrogens is 559 g/mol. The monoisotopic (exact) mass is 576 g/mol. The third-order valence-electron chi connectivity index (χ3n) is 4.40. The summed E-state index contributed by atoms with van der Waals surface area (Å²) in [5.41, 5.74) is 5.03. The summed E-state index contributed by atoms with van der Waals surface area (Å²) in [6, 6.07) is 17.2. The molecule has 0 unspecified atom stereocenters. The third-order valence-corrected chi connectivity index (χ3v) is 5.76. The quantitative estimate of drug-likeness (QED) is 0.276. The molecule has 3 aromatic carbocycles. The van der Waals surface area contributed by atoms with Gasteiger partial charge < -0.3 is 14.5 Å². The first-order valence-corrected chi connectivity index (χ1v) is 11.1. The van der Waals surface area contributed by atoms with Gasteiger partial charge in [0.15, 0.2) is 12.2 Å². The van der Waals surface area contributed by atoms with Crippen LogP contribution < -0.4 is 10.1 Å². The van der Waals surface area contributed by atoms with Gasteiger partial charge in [0.1, 0.15) is 11.3 Å². The van der Waals surface area contributed by atoms with Gasteiger partial charge in [-0.25, -0.2) is 4.98 Å². The average molecular weight is 577 g/mol. The summed E-state index contributed by atoms with van der Waals surface area (Å²) in [4.78, 5) is 16.9. The molecule has 0 atom stereocenters. The van der Waals surface area contributed by atoms with Crippen molar-refractivity contribution in [3.05, 3.63) is 73.8 Å². The van der Waals surface area contributed by atoms with E-state index < -0.39 is 0 Å². The Balaban J connectivity index is 1.48. The van der Waals surface area contributed by atoms with Gasteiger partial charge in [-0.15, -0.1) is 0 Å². The lowest BCUT2D eigenvalue weighted by atomic mass is 10.1. The molecule has 0 saturated carbocycles. The number of rotatable bonds is 5. The van der Waals surface area contributed by atoms with E-state index >= 15 is 0 Å². The number of fused-ring (bicyclic) bond motifs is 1. The van der Waals surface area contributed by atoms with Crippen molar-refractivity contribution in [1.29, 1.82) is 0 Å². The molecule has 0 aliphatic carbocycles. The average Bonchev–Trinajstić information content (AvgIpc) is 3.10. The van der Waals surface area contributed by atoms with Crippen molar-refractivity contribution in [3.63, 3.8) is 0 Å². The molecule has 0 saturated heterocycles. The summed E-state index contributed by atoms with van der Waals surface area (Å²) in [7, 11) is 0. The van der Waals surface area contributed by atoms with Crippen LogP contribution in [0.4, 0.5) is 5.69 Å². The van der Waals surface area contributed by atoms with Crippen molar-refractivity contribution >= 4 is 61.2 Å². The van der Waals surface area contributed by atoms with E-state index in [0.29, 0.717) is 28.4 Å². The Morgan fingerprint density at radius 3 is 2.63 bits per heavy atom. The Morgan fingerprint density at radius 2 is 1.87 bits per heavy atom. The van der Waals surface area contributed by atoms with Crippen LogP contribution in [0.5, 0.6) is 5.75 Å². The molecule has 1 aromatic heterocycles. The number of halogens is 2. The molecule has 152 valence electrons. The summed E-state index contributed by atoms with van der Waals surface area (Å²) in [5.74, 6) is 0.969. The minimum atomic E-state index is -0.238. The number of carbonyl (C=O) groups is 1. The molecule has 1 N–H and O–H groups in total. The first kappa shape index (κ1) is 20.9. The van der Waals surface area contributed by atoms with Gasteiger partial charge in [0, 0.05) is 13.7 Å². The number of nitrogens with zero attached hydrogens (tertiary/aromatic N) is 1. The Hall–Kier alpha value is -2.39. The lowest BCUT2D eigenvalue weighted by Crippen LogP contribution is -2.20. The number of ether oxygens (including phenoxy) is 1. The number of benzene rings is 3. The fourth-order valence-corrected chi connectivity index (χ4v) is 4.05. The molecule has 0 radical (unpaired) electrons. The van der Waals surface area contributed by atoms with Crippen LogP contribution in [0.15, 0.2) is 63.5 Å². The molecule has 0 bridgehead atoms. The van der Waals surface area contributed by atoms with Crippen LogP contribution in [0.25, 0.3) is 22.6 Å². The molecule has 4 rings (SSSR count). The molecule has 0 aliphatic heterocycles. The Bertz CT molecular complexity index is 1230. The highest BCUT2D eigenvalue weighted by molar-refractivity contribution is 14.1. The second-order valence-corrected chi connectivity index (χ2v) is 9.09. The second kappa shape index (κ2) is 8.77. The van der Waals surface area contributed by atoms with E-state index in [1.54, 1.807) is 18.2 Å². The maximum atomic E-state index is 12.3. The number of nitrogens with one attached hydrogen (secondary N) is 1. The highest BCUT2D eigenvalue weighted by Gasteiger charge is 2.13. The van der Waals surface area contributed by atoms with Gasteiger partial charge in [-0.1, -0.05) is 6.07 Å². The molecule has 5 nitrogen and oxygen atoms in total. The zero-order valence-electron chi connectivity index (χ0n) is 16.3. The number of carbonyl (C=O) groups excluding carboxylic acids is 1. The van der Waals surface area contributed by atoms with Gasteiger partial charge in [-0.2, -0.15) is 0 Å². The van der Waals surface area contributed by atoms with Crippen LogP contribution in [-0.4, -0.2) is 17.5 Å². The molecule has 0 aliphatic rings. The van der Waals surface area contributed by atoms with E-state index in [1.165, 1.54) is 0 Å². The fourth-order valence-electron chi connectivity index (χ4n) is 3.14. The van der Waals surface area contributed by atoms with Gasteiger partial charge in [-0.05, 0) is 112 Å². The normalized spacial score (nSPS) is 10.9. The molecule has 1 amide bonds. The number of oxazole rings is 1. The van der Waals surface area contributed by atoms with Crippen molar-refractivity contribution in [2.45, 2.75) is 13.8 Å². The summed E-state index contributed by atoms with van der Waals surface area (Å²) >= 11 is 5.79. The molecule has 0 spiro atoms. The van der Waals surface area contributed by atoms with Crippen molar-refractivity contribution in [2.75, 3.05) is 11.9 Å². The Kier molecular flexibility index (Phi) is 6.10. The maximum absolute atomic E-state index is 12.3. The Morgan fingerprint density at radius 1 is 1.10 bits per heavy atom. The van der Waals surface area contributed by atoms with Gasteiger partial charge in [0.2, 0.25) is 5.89 Å². The van der Waals surface area contributed by atoms with Crippen LogP contribution in [0, 0.1) is 17.4 Å². The zero-order valence-corrected chi connectivity index (χ0v) is 20.1. The number of hydrogen-bond acceptors (Lipinski definition) is 4. The topological polar surface area (TPSA) is 64.4 Å². The number of anilines is 1. The number of hydrogen-bond donors (Lipinski definition) is 1. The van der Waals surface area contributed by atoms with Crippen LogP contribution in [0.3, 0.4) is 0 Å². The predicted molar refractivity (Wildman–Crippen MR) is 130 cm³/mol. The molecule has 7 heteroatoms. The largest absolute Gasteiger partial charge is 0.484 e. The molecule has 1 heterocycles. The number of amides is 1. The van der Waals surface area contributed by atoms with Gasteiger partial charge in [-0.3, -0.25) is 4.79 Å². The highest BCUT2D eigenvalue weighted by atomic mass is 127. The number of aromatic nitrogens is 1.